The number of carbonyl (C=O) groups excluding carboxylic acids is 1. The molecule has 5 aromatic rings. The van der Waals surface area contributed by atoms with E-state index in [-0.39, 0.29) is 31.8 Å². The van der Waals surface area contributed by atoms with Gasteiger partial charge in [-0.2, -0.15) is 4.57 Å². The molecule has 0 aliphatic carbocycles. The molecular weight excluding hydrogens is 526 g/mol. The van der Waals surface area contributed by atoms with Crippen molar-refractivity contribution in [2.24, 2.45) is 0 Å². The molecule has 3 aliphatic heterocycles. The van der Waals surface area contributed by atoms with E-state index in [2.05, 4.69) is 36.3 Å². The van der Waals surface area contributed by atoms with E-state index in [4.69, 9.17) is 18.9 Å². The second kappa shape index (κ2) is 9.00. The van der Waals surface area contributed by atoms with Crippen LogP contribution < -0.4 is 35.9 Å². The topological polar surface area (TPSA) is 57.9 Å². The number of hydrogen-bond acceptors (Lipinski definition) is 5. The fraction of sp³-hybridized carbons (Fsp3) is 0.152. The third-order valence-corrected chi connectivity index (χ3v) is 8.13. The van der Waals surface area contributed by atoms with Crippen LogP contribution in [0.15, 0.2) is 73.3 Å². The quantitative estimate of drug-likeness (QED) is 0.197. The maximum absolute atomic E-state index is 14.3. The average molecular weight is 550 g/mol. The molecule has 1 aromatic heterocycles. The molecule has 6 nitrogen and oxygen atoms in total. The van der Waals surface area contributed by atoms with Crippen LogP contribution in [0.5, 0.6) is 23.0 Å². The van der Waals surface area contributed by atoms with Gasteiger partial charge in [0, 0.05) is 22.9 Å². The number of ketones is 1. The van der Waals surface area contributed by atoms with Crippen LogP contribution >= 0.6 is 0 Å². The number of aryl methyl sites for hydroxylation is 2. The van der Waals surface area contributed by atoms with Crippen molar-refractivity contribution in [3.05, 3.63) is 95.7 Å². The lowest BCUT2D eigenvalue weighted by molar-refractivity contribution is -0.688. The molecule has 0 amide bonds. The van der Waals surface area contributed by atoms with Crippen molar-refractivity contribution in [3.8, 4) is 34.3 Å². The Bertz CT molecular complexity index is 1920. The summed E-state index contributed by atoms with van der Waals surface area (Å²) < 4.78 is 25.4. The van der Waals surface area contributed by atoms with Crippen molar-refractivity contribution in [2.45, 2.75) is 19.9 Å². The molecule has 0 saturated heterocycles. The summed E-state index contributed by atoms with van der Waals surface area (Å²) >= 11 is 0. The minimum absolute atomic E-state index is 0. The fourth-order valence-corrected chi connectivity index (χ4v) is 6.32. The first kappa shape index (κ1) is 24.5. The number of hydrogen-bond donors (Lipinski definition) is 0. The van der Waals surface area contributed by atoms with Crippen LogP contribution in [0.2, 0.25) is 0 Å². The largest absolute Gasteiger partial charge is 1.00 e. The Kier molecular flexibility index (Phi) is 5.51. The molecule has 8 rings (SSSR count). The van der Waals surface area contributed by atoms with Gasteiger partial charge in [-0.1, -0.05) is 49.0 Å². The van der Waals surface area contributed by atoms with E-state index in [0.717, 1.165) is 62.0 Å². The highest BCUT2D eigenvalue weighted by molar-refractivity contribution is 6.33. The number of rotatable bonds is 3. The molecule has 0 atom stereocenters. The second-order valence-electron chi connectivity index (χ2n) is 10.1. The van der Waals surface area contributed by atoms with E-state index in [0.29, 0.717) is 29.2 Å². The van der Waals surface area contributed by atoms with Gasteiger partial charge in [0.05, 0.1) is 11.1 Å². The van der Waals surface area contributed by atoms with Crippen LogP contribution in [0, 0.1) is 6.92 Å². The number of Topliss-reactive ketones (excluding diaryl/α,β-unsaturated/α-hetero) is 1. The first-order chi connectivity index (χ1) is 19.1. The molecular formula is C33H24ClNO5. The summed E-state index contributed by atoms with van der Waals surface area (Å²) in [5.41, 5.74) is 6.22. The van der Waals surface area contributed by atoms with Crippen molar-refractivity contribution in [1.29, 1.82) is 0 Å². The molecule has 0 unspecified atom stereocenters. The first-order valence-electron chi connectivity index (χ1n) is 13.0. The zero-order valence-electron chi connectivity index (χ0n) is 21.8. The van der Waals surface area contributed by atoms with Gasteiger partial charge >= 0.3 is 0 Å². The standard InChI is InChI=1S/C33H24NO5.ClH/c1-18-22-10-11-26-33(39-17-36-26)29(22)31(19(2)32(35)24-9-5-7-20-6-3-4-8-23(20)24)34-13-12-21-14-27-28(38-16-37-27)15-25(21)30(18)34;/h3-11,14-15H,2,12-13,16-17H2,1H3;1H/q+1;/p-1. The van der Waals surface area contributed by atoms with Gasteiger partial charge in [0.25, 0.3) is 0 Å². The van der Waals surface area contributed by atoms with Gasteiger partial charge in [-0.3, -0.25) is 4.79 Å². The van der Waals surface area contributed by atoms with Gasteiger partial charge < -0.3 is 31.4 Å². The van der Waals surface area contributed by atoms with E-state index in [1.54, 1.807) is 0 Å². The SMILES string of the molecule is C=C(C(=O)c1cccc2ccccc12)c1c2c3c(ccc2c(C)c2[n+]1CCc1cc4c(cc1-2)OCO4)OCO3.[Cl-]. The van der Waals surface area contributed by atoms with Gasteiger partial charge in [0.1, 0.15) is 5.39 Å². The zero-order chi connectivity index (χ0) is 26.2. The molecule has 0 bridgehead atoms. The number of allylic oxidation sites excluding steroid dienone is 1. The second-order valence-corrected chi connectivity index (χ2v) is 10.1. The molecule has 0 saturated carbocycles. The van der Waals surface area contributed by atoms with Gasteiger partial charge in [0.2, 0.25) is 25.0 Å². The Morgan fingerprint density at radius 1 is 0.850 bits per heavy atom. The Balaban J connectivity index is 0.00000264. The molecule has 3 aliphatic rings. The maximum atomic E-state index is 14.3. The van der Waals surface area contributed by atoms with Crippen molar-refractivity contribution in [1.82, 2.24) is 0 Å². The third-order valence-electron chi connectivity index (χ3n) is 8.13. The number of ether oxygens (including phenoxy) is 4. The smallest absolute Gasteiger partial charge is 0.231 e. The zero-order valence-corrected chi connectivity index (χ0v) is 22.5. The highest BCUT2D eigenvalue weighted by Gasteiger charge is 2.38. The monoisotopic (exact) mass is 549 g/mol. The first-order valence-corrected chi connectivity index (χ1v) is 13.0. The van der Waals surface area contributed by atoms with Gasteiger partial charge in [-0.15, -0.1) is 0 Å². The van der Waals surface area contributed by atoms with E-state index >= 15 is 0 Å². The van der Waals surface area contributed by atoms with Gasteiger partial charge in [-0.25, -0.2) is 0 Å². The fourth-order valence-electron chi connectivity index (χ4n) is 6.32. The Labute approximate surface area is 236 Å². The van der Waals surface area contributed by atoms with Crippen molar-refractivity contribution >= 4 is 32.9 Å². The molecule has 40 heavy (non-hydrogen) atoms. The highest BCUT2D eigenvalue weighted by atomic mass is 35.5. The molecule has 7 heteroatoms. The number of carbonyl (C=O) groups is 1. The summed E-state index contributed by atoms with van der Waals surface area (Å²) in [6.45, 7) is 7.59. The normalized spacial score (nSPS) is 14.0. The number of pyridine rings is 1. The molecule has 0 N–H and O–H groups in total. The summed E-state index contributed by atoms with van der Waals surface area (Å²) in [4.78, 5) is 14.3. The summed E-state index contributed by atoms with van der Waals surface area (Å²) in [5.74, 6) is 2.73. The lowest BCUT2D eigenvalue weighted by Crippen LogP contribution is -3.00. The minimum Gasteiger partial charge on any atom is -1.00 e. The predicted molar refractivity (Wildman–Crippen MR) is 148 cm³/mol. The number of nitrogens with zero attached hydrogens (tertiary/aromatic N) is 1. The number of aromatic nitrogens is 1. The summed E-state index contributed by atoms with van der Waals surface area (Å²) in [5, 5.41) is 3.78. The lowest BCUT2D eigenvalue weighted by Gasteiger charge is -2.22. The Hall–Kier alpha value is -4.55. The molecule has 4 aromatic carbocycles. The van der Waals surface area contributed by atoms with E-state index in [1.165, 1.54) is 5.56 Å². The number of benzene rings is 4. The van der Waals surface area contributed by atoms with Crippen LogP contribution in [0.4, 0.5) is 0 Å². The van der Waals surface area contributed by atoms with E-state index < -0.39 is 0 Å². The molecule has 198 valence electrons. The Morgan fingerprint density at radius 3 is 2.48 bits per heavy atom. The van der Waals surface area contributed by atoms with E-state index in [9.17, 15) is 4.79 Å². The average Bonchev–Trinajstić information content (AvgIpc) is 3.64. The van der Waals surface area contributed by atoms with Crippen molar-refractivity contribution in [3.63, 3.8) is 0 Å². The van der Waals surface area contributed by atoms with Crippen LogP contribution in [0.3, 0.4) is 0 Å². The van der Waals surface area contributed by atoms with Crippen LogP contribution in [0.25, 0.3) is 38.4 Å². The molecule has 0 radical (unpaired) electrons. The highest BCUT2D eigenvalue weighted by Crippen LogP contribution is 2.47. The summed E-state index contributed by atoms with van der Waals surface area (Å²) in [6.07, 6.45) is 0.781. The van der Waals surface area contributed by atoms with Gasteiger partial charge in [-0.05, 0) is 47.5 Å². The van der Waals surface area contributed by atoms with Crippen molar-refractivity contribution < 1.29 is 40.7 Å². The van der Waals surface area contributed by atoms with Crippen LogP contribution in [-0.4, -0.2) is 19.4 Å². The van der Waals surface area contributed by atoms with Crippen LogP contribution in [-0.2, 0) is 13.0 Å². The number of fused-ring (bicyclic) bond motifs is 8. The third kappa shape index (κ3) is 3.36. The predicted octanol–water partition coefficient (Wildman–Crippen LogP) is 3.17. The minimum atomic E-state index is -0.111. The Morgan fingerprint density at radius 2 is 1.60 bits per heavy atom. The van der Waals surface area contributed by atoms with Crippen LogP contribution in [0.1, 0.15) is 27.2 Å². The molecule has 0 fully saturated rings. The maximum Gasteiger partial charge on any atom is 0.231 e. The van der Waals surface area contributed by atoms with Crippen molar-refractivity contribution in [2.75, 3.05) is 13.6 Å². The lowest BCUT2D eigenvalue weighted by atomic mass is 9.87. The molecule has 0 spiro atoms. The summed E-state index contributed by atoms with van der Waals surface area (Å²) in [6, 6.07) is 21.9. The number of halogens is 1. The van der Waals surface area contributed by atoms with Gasteiger partial charge in [0.15, 0.2) is 35.3 Å². The molecule has 4 heterocycles. The summed E-state index contributed by atoms with van der Waals surface area (Å²) in [7, 11) is 0. The van der Waals surface area contributed by atoms with E-state index in [1.807, 2.05) is 48.5 Å².